The smallest absolute Gasteiger partial charge is 0.0745 e. The van der Waals surface area contributed by atoms with Gasteiger partial charge in [-0.25, -0.2) is 0 Å². The lowest BCUT2D eigenvalue weighted by Gasteiger charge is -2.19. The summed E-state index contributed by atoms with van der Waals surface area (Å²) in [6, 6.07) is 12.6. The highest BCUT2D eigenvalue weighted by Crippen LogP contribution is 2.32. The summed E-state index contributed by atoms with van der Waals surface area (Å²) in [5, 5.41) is 13.5. The van der Waals surface area contributed by atoms with Gasteiger partial charge < -0.3 is 16.2 Å². The van der Waals surface area contributed by atoms with Gasteiger partial charge in [0, 0.05) is 0 Å². The van der Waals surface area contributed by atoms with Crippen LogP contribution in [0.25, 0.3) is 0 Å². The fraction of sp³-hybridized carbons (Fsp3) is 0.143. The molecule has 4 N–H and O–H groups in total. The number of nitrogens with two attached hydrogens (primary N) is 1. The lowest BCUT2D eigenvalue weighted by Crippen LogP contribution is -2.15. The molecule has 0 fully saturated rings. The molecule has 0 aliphatic carbocycles. The summed E-state index contributed by atoms with van der Waals surface area (Å²) >= 11 is 11.9. The average molecular weight is 297 g/mol. The van der Waals surface area contributed by atoms with Crippen LogP contribution in [0, 0.1) is 0 Å². The van der Waals surface area contributed by atoms with Crippen LogP contribution in [0.15, 0.2) is 42.5 Å². The molecule has 3 nitrogen and oxygen atoms in total. The quantitative estimate of drug-likeness (QED) is 0.754. The number of aliphatic hydroxyl groups is 1. The molecular weight excluding hydrogens is 283 g/mol. The van der Waals surface area contributed by atoms with Crippen molar-refractivity contribution in [2.24, 2.45) is 0 Å². The molecular formula is C14H14Cl2N2O. The molecule has 19 heavy (non-hydrogen) atoms. The Bertz CT molecular complexity index is 561. The second kappa shape index (κ2) is 6.15. The summed E-state index contributed by atoms with van der Waals surface area (Å²) in [6.45, 7) is -0.0519. The van der Waals surface area contributed by atoms with Gasteiger partial charge in [0.05, 0.1) is 34.1 Å². The molecule has 0 aromatic heterocycles. The number of hydrogen-bond acceptors (Lipinski definition) is 3. The first-order valence-corrected chi connectivity index (χ1v) is 6.54. The van der Waals surface area contributed by atoms with Gasteiger partial charge in [-0.3, -0.25) is 0 Å². The number of hydrogen-bond donors (Lipinski definition) is 3. The van der Waals surface area contributed by atoms with E-state index in [0.717, 1.165) is 5.56 Å². The Kier molecular flexibility index (Phi) is 4.53. The van der Waals surface area contributed by atoms with Crippen LogP contribution >= 0.6 is 23.2 Å². The van der Waals surface area contributed by atoms with Crippen LogP contribution in [0.2, 0.25) is 10.0 Å². The molecule has 1 atom stereocenters. The third kappa shape index (κ3) is 3.32. The van der Waals surface area contributed by atoms with Crippen molar-refractivity contribution in [1.82, 2.24) is 0 Å². The van der Waals surface area contributed by atoms with Crippen molar-refractivity contribution in [1.29, 1.82) is 0 Å². The van der Waals surface area contributed by atoms with Crippen molar-refractivity contribution >= 4 is 34.6 Å². The Morgan fingerprint density at radius 3 is 2.37 bits per heavy atom. The Hall–Kier alpha value is -1.42. The first-order chi connectivity index (χ1) is 9.11. The van der Waals surface area contributed by atoms with Gasteiger partial charge >= 0.3 is 0 Å². The van der Waals surface area contributed by atoms with Crippen molar-refractivity contribution in [3.8, 4) is 0 Å². The minimum atomic E-state index is -0.249. The van der Waals surface area contributed by atoms with E-state index in [4.69, 9.17) is 28.9 Å². The molecule has 2 aromatic carbocycles. The highest BCUT2D eigenvalue weighted by Gasteiger charge is 2.12. The van der Waals surface area contributed by atoms with Crippen LogP contribution in [-0.4, -0.2) is 11.7 Å². The lowest BCUT2D eigenvalue weighted by atomic mass is 10.1. The third-order valence-corrected chi connectivity index (χ3v) is 3.53. The monoisotopic (exact) mass is 296 g/mol. The molecule has 0 heterocycles. The third-order valence-electron chi connectivity index (χ3n) is 2.81. The van der Waals surface area contributed by atoms with E-state index >= 15 is 0 Å². The first kappa shape index (κ1) is 14.0. The van der Waals surface area contributed by atoms with Crippen LogP contribution in [0.5, 0.6) is 0 Å². The molecule has 5 heteroatoms. The number of nitrogens with one attached hydrogen (secondary N) is 1. The van der Waals surface area contributed by atoms with Gasteiger partial charge in [-0.05, 0) is 17.7 Å². The summed E-state index contributed by atoms with van der Waals surface area (Å²) < 4.78 is 0. The van der Waals surface area contributed by atoms with E-state index in [9.17, 15) is 5.11 Å². The molecule has 0 spiro atoms. The molecule has 0 bridgehead atoms. The van der Waals surface area contributed by atoms with E-state index in [1.807, 2.05) is 30.3 Å². The maximum Gasteiger partial charge on any atom is 0.0745 e. The Labute approximate surface area is 122 Å². The molecule has 0 amide bonds. The fourth-order valence-corrected chi connectivity index (χ4v) is 2.13. The summed E-state index contributed by atoms with van der Waals surface area (Å²) in [6.07, 6.45) is 0. The van der Waals surface area contributed by atoms with E-state index in [-0.39, 0.29) is 12.6 Å². The zero-order chi connectivity index (χ0) is 13.8. The topological polar surface area (TPSA) is 58.3 Å². The highest BCUT2D eigenvalue weighted by atomic mass is 35.5. The first-order valence-electron chi connectivity index (χ1n) is 5.78. The van der Waals surface area contributed by atoms with Crippen LogP contribution in [-0.2, 0) is 0 Å². The maximum atomic E-state index is 9.49. The molecule has 0 saturated heterocycles. The molecule has 0 aliphatic rings. The number of anilines is 2. The van der Waals surface area contributed by atoms with Crippen molar-refractivity contribution in [2.45, 2.75) is 6.04 Å². The molecule has 2 aromatic rings. The molecule has 0 aliphatic heterocycles. The second-order valence-corrected chi connectivity index (χ2v) is 4.96. The molecule has 1 unspecified atom stereocenters. The number of halogens is 2. The number of rotatable bonds is 4. The van der Waals surface area contributed by atoms with Gasteiger partial charge in [-0.2, -0.15) is 0 Å². The zero-order valence-electron chi connectivity index (χ0n) is 10.1. The van der Waals surface area contributed by atoms with Crippen molar-refractivity contribution < 1.29 is 5.11 Å². The second-order valence-electron chi connectivity index (χ2n) is 4.14. The Balaban J connectivity index is 2.26. The Morgan fingerprint density at radius 1 is 1.11 bits per heavy atom. The van der Waals surface area contributed by atoms with Gasteiger partial charge in [0.15, 0.2) is 0 Å². The molecule has 100 valence electrons. The largest absolute Gasteiger partial charge is 0.397 e. The number of nitrogen functional groups attached to an aromatic ring is 1. The van der Waals surface area contributed by atoms with Gasteiger partial charge in [-0.15, -0.1) is 0 Å². The van der Waals surface area contributed by atoms with Gasteiger partial charge in [-0.1, -0.05) is 53.5 Å². The van der Waals surface area contributed by atoms with Crippen molar-refractivity contribution in [3.05, 3.63) is 58.1 Å². The van der Waals surface area contributed by atoms with Gasteiger partial charge in [0.25, 0.3) is 0 Å². The fourth-order valence-electron chi connectivity index (χ4n) is 1.79. The summed E-state index contributed by atoms with van der Waals surface area (Å²) in [5.74, 6) is 0. The normalized spacial score (nSPS) is 12.2. The standard InChI is InChI=1S/C14H14Cl2N2O/c15-10-6-12(17)13(7-11(10)16)18-14(8-19)9-4-2-1-3-5-9/h1-7,14,18-19H,8,17H2. The predicted octanol–water partition coefficient (Wildman–Crippen LogP) is 3.72. The predicted molar refractivity (Wildman–Crippen MR) is 80.8 cm³/mol. The minimum Gasteiger partial charge on any atom is -0.397 e. The van der Waals surface area contributed by atoms with Crippen LogP contribution in [0.3, 0.4) is 0 Å². The molecule has 0 saturated carbocycles. The van der Waals surface area contributed by atoms with E-state index in [0.29, 0.717) is 21.4 Å². The summed E-state index contributed by atoms with van der Waals surface area (Å²) in [7, 11) is 0. The van der Waals surface area contributed by atoms with E-state index in [1.165, 1.54) is 0 Å². The van der Waals surface area contributed by atoms with Crippen LogP contribution < -0.4 is 11.1 Å². The van der Waals surface area contributed by atoms with E-state index < -0.39 is 0 Å². The number of aliphatic hydroxyl groups excluding tert-OH is 1. The van der Waals surface area contributed by atoms with Gasteiger partial charge in [0.1, 0.15) is 0 Å². The van der Waals surface area contributed by atoms with Gasteiger partial charge in [0.2, 0.25) is 0 Å². The van der Waals surface area contributed by atoms with E-state index in [1.54, 1.807) is 12.1 Å². The molecule has 2 rings (SSSR count). The average Bonchev–Trinajstić information content (AvgIpc) is 2.42. The summed E-state index contributed by atoms with van der Waals surface area (Å²) in [4.78, 5) is 0. The zero-order valence-corrected chi connectivity index (χ0v) is 11.6. The van der Waals surface area contributed by atoms with Crippen LogP contribution in [0.4, 0.5) is 11.4 Å². The van der Waals surface area contributed by atoms with Crippen molar-refractivity contribution in [2.75, 3.05) is 17.7 Å². The number of benzene rings is 2. The molecule has 0 radical (unpaired) electrons. The highest BCUT2D eigenvalue weighted by molar-refractivity contribution is 6.42. The van der Waals surface area contributed by atoms with Crippen molar-refractivity contribution in [3.63, 3.8) is 0 Å². The van der Waals surface area contributed by atoms with E-state index in [2.05, 4.69) is 5.32 Å². The van der Waals surface area contributed by atoms with Crippen LogP contribution in [0.1, 0.15) is 11.6 Å². The minimum absolute atomic E-state index is 0.0519. The summed E-state index contributed by atoms with van der Waals surface area (Å²) in [5.41, 5.74) is 7.99. The maximum absolute atomic E-state index is 9.49. The SMILES string of the molecule is Nc1cc(Cl)c(Cl)cc1NC(CO)c1ccccc1. The lowest BCUT2D eigenvalue weighted by molar-refractivity contribution is 0.276. The Morgan fingerprint density at radius 2 is 1.74 bits per heavy atom.